The fraction of sp³-hybridized carbons (Fsp3) is 0.300. The second-order valence-electron chi connectivity index (χ2n) is 3.21. The van der Waals surface area contributed by atoms with Gasteiger partial charge in [-0.2, -0.15) is 0 Å². The van der Waals surface area contributed by atoms with Crippen LogP contribution in [0.1, 0.15) is 17.0 Å². The van der Waals surface area contributed by atoms with Gasteiger partial charge in [0, 0.05) is 13.0 Å². The predicted octanol–water partition coefficient (Wildman–Crippen LogP) is 0.818. The normalized spacial score (nSPS) is 20.5. The van der Waals surface area contributed by atoms with Crippen molar-refractivity contribution < 1.29 is 0 Å². The average Bonchev–Trinajstić information content (AvgIpc) is 2.14. The summed E-state index contributed by atoms with van der Waals surface area (Å²) in [4.78, 5) is 4.11. The molecule has 0 heterocycles. The quantitative estimate of drug-likeness (QED) is 0.287. The van der Waals surface area contributed by atoms with Gasteiger partial charge in [-0.25, -0.2) is 5.84 Å². The largest absolute Gasteiger partial charge is 0.312 e. The first-order chi connectivity index (χ1) is 6.36. The Bertz CT molecular complexity index is 344. The summed E-state index contributed by atoms with van der Waals surface area (Å²) in [5.74, 6) is 6.62. The number of hydrogen-bond acceptors (Lipinski definition) is 2. The van der Waals surface area contributed by atoms with Crippen molar-refractivity contribution in [3.05, 3.63) is 35.4 Å². The summed E-state index contributed by atoms with van der Waals surface area (Å²) in [5.41, 5.74) is 5.40. The molecule has 3 N–H and O–H groups in total. The van der Waals surface area contributed by atoms with E-state index in [4.69, 9.17) is 5.84 Å². The molecular weight excluding hydrogens is 162 g/mol. The topological polar surface area (TPSA) is 50.4 Å². The van der Waals surface area contributed by atoms with Gasteiger partial charge < -0.3 is 5.43 Å². The van der Waals surface area contributed by atoms with E-state index in [0.717, 1.165) is 12.3 Å². The van der Waals surface area contributed by atoms with E-state index < -0.39 is 0 Å². The summed E-state index contributed by atoms with van der Waals surface area (Å²) in [5, 5.41) is 0. The zero-order chi connectivity index (χ0) is 9.26. The molecule has 1 aromatic carbocycles. The Hall–Kier alpha value is -1.35. The van der Waals surface area contributed by atoms with Crippen LogP contribution in [0.5, 0.6) is 0 Å². The standard InChI is InChI=1S/C10H13N3/c1-12-10(13-11)9-6-7-4-2-3-5-8(7)9/h2-5,9H,6,11H2,1H3,(H,12,13). The average molecular weight is 175 g/mol. The lowest BCUT2D eigenvalue weighted by Gasteiger charge is -2.30. The van der Waals surface area contributed by atoms with E-state index in [-0.39, 0.29) is 0 Å². The van der Waals surface area contributed by atoms with Gasteiger partial charge in [0.25, 0.3) is 0 Å². The zero-order valence-electron chi connectivity index (χ0n) is 7.62. The van der Waals surface area contributed by atoms with Crippen LogP contribution in [0.15, 0.2) is 29.3 Å². The van der Waals surface area contributed by atoms with Gasteiger partial charge in [0.2, 0.25) is 0 Å². The van der Waals surface area contributed by atoms with Crippen LogP contribution in [0.25, 0.3) is 0 Å². The molecule has 1 aromatic rings. The molecule has 0 aromatic heterocycles. The molecule has 0 saturated carbocycles. The Balaban J connectivity index is 2.26. The number of nitrogens with one attached hydrogen (secondary N) is 1. The van der Waals surface area contributed by atoms with Gasteiger partial charge >= 0.3 is 0 Å². The molecule has 0 amide bonds. The van der Waals surface area contributed by atoms with E-state index in [1.807, 2.05) is 0 Å². The van der Waals surface area contributed by atoms with Gasteiger partial charge in [0.1, 0.15) is 5.84 Å². The molecule has 1 unspecified atom stereocenters. The fourth-order valence-electron chi connectivity index (χ4n) is 1.82. The highest BCUT2D eigenvalue weighted by Crippen LogP contribution is 2.34. The van der Waals surface area contributed by atoms with Crippen molar-refractivity contribution in [2.24, 2.45) is 10.8 Å². The number of hydrazine groups is 1. The summed E-state index contributed by atoms with van der Waals surface area (Å²) in [6.45, 7) is 0. The first-order valence-corrected chi connectivity index (χ1v) is 4.38. The molecule has 0 saturated heterocycles. The maximum absolute atomic E-state index is 5.37. The van der Waals surface area contributed by atoms with Gasteiger partial charge in [0.15, 0.2) is 0 Å². The molecule has 0 bridgehead atoms. The molecule has 3 heteroatoms. The molecule has 2 rings (SSSR count). The van der Waals surface area contributed by atoms with Crippen molar-refractivity contribution in [1.29, 1.82) is 0 Å². The van der Waals surface area contributed by atoms with Gasteiger partial charge in [-0.05, 0) is 17.5 Å². The monoisotopic (exact) mass is 175 g/mol. The highest BCUT2D eigenvalue weighted by atomic mass is 15.3. The first-order valence-electron chi connectivity index (χ1n) is 4.38. The smallest absolute Gasteiger partial charge is 0.118 e. The molecule has 3 nitrogen and oxygen atoms in total. The van der Waals surface area contributed by atoms with E-state index in [1.165, 1.54) is 11.1 Å². The maximum atomic E-state index is 5.37. The van der Waals surface area contributed by atoms with Gasteiger partial charge in [0.05, 0.1) is 0 Å². The third-order valence-corrected chi connectivity index (χ3v) is 2.57. The minimum Gasteiger partial charge on any atom is -0.312 e. The van der Waals surface area contributed by atoms with Crippen LogP contribution in [0.4, 0.5) is 0 Å². The van der Waals surface area contributed by atoms with Gasteiger partial charge in [-0.3, -0.25) is 4.99 Å². The Morgan fingerprint density at radius 1 is 1.54 bits per heavy atom. The SMILES string of the molecule is CN=C(NN)C1Cc2ccccc21. The lowest BCUT2D eigenvalue weighted by atomic mass is 9.77. The summed E-state index contributed by atoms with van der Waals surface area (Å²) >= 11 is 0. The lowest BCUT2D eigenvalue weighted by molar-refractivity contribution is 0.733. The van der Waals surface area contributed by atoms with Crippen molar-refractivity contribution in [2.75, 3.05) is 7.05 Å². The van der Waals surface area contributed by atoms with Crippen LogP contribution >= 0.6 is 0 Å². The second kappa shape index (κ2) is 3.18. The summed E-state index contributed by atoms with van der Waals surface area (Å²) < 4.78 is 0. The second-order valence-corrected chi connectivity index (χ2v) is 3.21. The highest BCUT2D eigenvalue weighted by Gasteiger charge is 2.29. The molecule has 0 fully saturated rings. The fourth-order valence-corrected chi connectivity index (χ4v) is 1.82. The molecule has 0 aliphatic heterocycles. The van der Waals surface area contributed by atoms with E-state index in [0.29, 0.717) is 5.92 Å². The molecule has 1 atom stereocenters. The Kier molecular flexibility index (Phi) is 2.02. The van der Waals surface area contributed by atoms with Crippen LogP contribution in [0, 0.1) is 0 Å². The molecule has 13 heavy (non-hydrogen) atoms. The Morgan fingerprint density at radius 3 is 2.92 bits per heavy atom. The van der Waals surface area contributed by atoms with Crippen molar-refractivity contribution in [3.63, 3.8) is 0 Å². The van der Waals surface area contributed by atoms with E-state index in [2.05, 4.69) is 34.7 Å². The van der Waals surface area contributed by atoms with E-state index in [9.17, 15) is 0 Å². The number of fused-ring (bicyclic) bond motifs is 1. The number of benzene rings is 1. The number of amidine groups is 1. The van der Waals surface area contributed by atoms with E-state index >= 15 is 0 Å². The number of rotatable bonds is 1. The van der Waals surface area contributed by atoms with Gasteiger partial charge in [-0.15, -0.1) is 0 Å². The lowest BCUT2D eigenvalue weighted by Crippen LogP contribution is -2.39. The van der Waals surface area contributed by atoms with Crippen LogP contribution in [-0.2, 0) is 6.42 Å². The molecule has 1 aliphatic rings. The molecule has 1 aliphatic carbocycles. The summed E-state index contributed by atoms with van der Waals surface area (Å²) in [6.07, 6.45) is 1.05. The molecule has 0 radical (unpaired) electrons. The van der Waals surface area contributed by atoms with E-state index in [1.54, 1.807) is 7.05 Å². The maximum Gasteiger partial charge on any atom is 0.118 e. The third kappa shape index (κ3) is 1.21. The minimum atomic E-state index is 0.381. The number of hydrogen-bond donors (Lipinski definition) is 2. The minimum absolute atomic E-state index is 0.381. The Morgan fingerprint density at radius 2 is 2.31 bits per heavy atom. The van der Waals surface area contributed by atoms with Gasteiger partial charge in [-0.1, -0.05) is 24.3 Å². The van der Waals surface area contributed by atoms with Crippen LogP contribution in [0.2, 0.25) is 0 Å². The van der Waals surface area contributed by atoms with Crippen molar-refractivity contribution >= 4 is 5.84 Å². The highest BCUT2D eigenvalue weighted by molar-refractivity contribution is 5.91. The number of nitrogens with two attached hydrogens (primary N) is 1. The number of aliphatic imine (C=N–C) groups is 1. The van der Waals surface area contributed by atoms with Crippen molar-refractivity contribution in [3.8, 4) is 0 Å². The predicted molar refractivity (Wildman–Crippen MR) is 53.6 cm³/mol. The summed E-state index contributed by atoms with van der Waals surface area (Å²) in [7, 11) is 1.76. The first kappa shape index (κ1) is 8.26. The third-order valence-electron chi connectivity index (χ3n) is 2.57. The Labute approximate surface area is 77.6 Å². The molecule has 68 valence electrons. The van der Waals surface area contributed by atoms with Crippen molar-refractivity contribution in [1.82, 2.24) is 5.43 Å². The molecule has 0 spiro atoms. The zero-order valence-corrected chi connectivity index (χ0v) is 7.62. The summed E-state index contributed by atoms with van der Waals surface area (Å²) in [6, 6.07) is 8.39. The van der Waals surface area contributed by atoms with Crippen LogP contribution in [-0.4, -0.2) is 12.9 Å². The van der Waals surface area contributed by atoms with Crippen LogP contribution < -0.4 is 11.3 Å². The van der Waals surface area contributed by atoms with Crippen LogP contribution in [0.3, 0.4) is 0 Å². The van der Waals surface area contributed by atoms with Crippen molar-refractivity contribution in [2.45, 2.75) is 12.3 Å². The number of nitrogens with zero attached hydrogens (tertiary/aromatic N) is 1. The molecular formula is C10H13N3.